The molecule has 2 fully saturated rings. The van der Waals surface area contributed by atoms with Gasteiger partial charge < -0.3 is 24.1 Å². The lowest BCUT2D eigenvalue weighted by atomic mass is 9.91. The maximum absolute atomic E-state index is 11.5. The summed E-state index contributed by atoms with van der Waals surface area (Å²) in [6, 6.07) is 0. The van der Waals surface area contributed by atoms with Gasteiger partial charge in [-0.25, -0.2) is 4.79 Å². The van der Waals surface area contributed by atoms with Gasteiger partial charge in [0.1, 0.15) is 6.79 Å². The molecule has 0 radical (unpaired) electrons. The van der Waals surface area contributed by atoms with Crippen molar-refractivity contribution in [1.82, 2.24) is 0 Å². The highest BCUT2D eigenvalue weighted by molar-refractivity contribution is 8.17. The van der Waals surface area contributed by atoms with Crippen molar-refractivity contribution in [3.8, 4) is 0 Å². The summed E-state index contributed by atoms with van der Waals surface area (Å²) in [5, 5.41) is 10.3. The topological polar surface area (TPSA) is 74.2 Å². The molecule has 6 nitrogen and oxygen atoms in total. The van der Waals surface area contributed by atoms with E-state index in [0.29, 0.717) is 30.1 Å². The first-order chi connectivity index (χ1) is 12.7. The van der Waals surface area contributed by atoms with Crippen LogP contribution >= 0.6 is 23.5 Å². The molecule has 4 atom stereocenters. The number of ether oxygens (including phenoxy) is 4. The molecule has 0 bridgehead atoms. The van der Waals surface area contributed by atoms with Crippen LogP contribution in [-0.2, 0) is 23.7 Å². The summed E-state index contributed by atoms with van der Waals surface area (Å²) >= 11 is 3.96. The quantitative estimate of drug-likeness (QED) is 0.256. The van der Waals surface area contributed by atoms with Crippen LogP contribution in [0.4, 0.5) is 0 Å². The zero-order valence-electron chi connectivity index (χ0n) is 15.5. The average molecular weight is 407 g/mol. The SMILES string of the molecule is COCCOCO[C@H](/C=C/C(=O)OC)[C@@H]1C[C@@H](O)C[C@H]1C1SCCCS1. The summed E-state index contributed by atoms with van der Waals surface area (Å²) < 4.78 is 21.5. The van der Waals surface area contributed by atoms with Gasteiger partial charge >= 0.3 is 5.97 Å². The van der Waals surface area contributed by atoms with Crippen molar-refractivity contribution >= 4 is 29.5 Å². The van der Waals surface area contributed by atoms with E-state index in [-0.39, 0.29) is 24.9 Å². The van der Waals surface area contributed by atoms with Gasteiger partial charge in [0.2, 0.25) is 0 Å². The van der Waals surface area contributed by atoms with Crippen LogP contribution in [0.15, 0.2) is 12.2 Å². The van der Waals surface area contributed by atoms with Gasteiger partial charge in [0, 0.05) is 13.2 Å². The Kier molecular flexibility index (Phi) is 10.4. The molecule has 8 heteroatoms. The van der Waals surface area contributed by atoms with Gasteiger partial charge in [-0.2, -0.15) is 0 Å². The molecule has 0 spiro atoms. The molecule has 1 heterocycles. The van der Waals surface area contributed by atoms with Crippen LogP contribution in [0.3, 0.4) is 0 Å². The molecule has 1 aliphatic heterocycles. The van der Waals surface area contributed by atoms with Crippen molar-refractivity contribution in [1.29, 1.82) is 0 Å². The highest BCUT2D eigenvalue weighted by atomic mass is 32.2. The van der Waals surface area contributed by atoms with Crippen molar-refractivity contribution in [2.75, 3.05) is 45.7 Å². The molecule has 2 aliphatic rings. The Labute approximate surface area is 164 Å². The number of carbonyl (C=O) groups excluding carboxylic acids is 1. The fourth-order valence-corrected chi connectivity index (χ4v) is 6.76. The number of rotatable bonds is 10. The molecule has 2 rings (SSSR count). The molecule has 0 amide bonds. The number of hydrogen-bond donors (Lipinski definition) is 1. The van der Waals surface area contributed by atoms with E-state index in [2.05, 4.69) is 0 Å². The Bertz CT molecular complexity index is 441. The second-order valence-corrected chi connectivity index (χ2v) is 9.25. The minimum atomic E-state index is -0.407. The second kappa shape index (κ2) is 12.3. The van der Waals surface area contributed by atoms with Crippen molar-refractivity contribution in [2.45, 2.75) is 36.1 Å². The third-order valence-corrected chi connectivity index (χ3v) is 7.88. The number of thioether (sulfide) groups is 2. The van der Waals surface area contributed by atoms with Gasteiger partial charge in [-0.05, 0) is 48.7 Å². The van der Waals surface area contributed by atoms with E-state index in [4.69, 9.17) is 18.9 Å². The third-order valence-electron chi connectivity index (χ3n) is 4.66. The molecule has 150 valence electrons. The molecule has 0 aromatic heterocycles. The molecule has 1 saturated heterocycles. The maximum atomic E-state index is 11.5. The molecule has 1 aliphatic carbocycles. The summed E-state index contributed by atoms with van der Waals surface area (Å²) in [5.74, 6) is 2.43. The summed E-state index contributed by atoms with van der Waals surface area (Å²) in [4.78, 5) is 11.5. The van der Waals surface area contributed by atoms with E-state index in [0.717, 1.165) is 6.42 Å². The Morgan fingerprint density at radius 1 is 1.23 bits per heavy atom. The van der Waals surface area contributed by atoms with Gasteiger partial charge in [-0.3, -0.25) is 0 Å². The number of esters is 1. The van der Waals surface area contributed by atoms with Crippen LogP contribution < -0.4 is 0 Å². The summed E-state index contributed by atoms with van der Waals surface area (Å²) in [6.07, 6.45) is 5.24. The average Bonchev–Trinajstić information content (AvgIpc) is 3.06. The summed E-state index contributed by atoms with van der Waals surface area (Å²) in [7, 11) is 2.98. The standard InChI is InChI=1S/C18H30O6S2/c1-21-6-7-23-12-24-16(4-5-17(20)22-2)14-10-13(19)11-15(14)18-25-8-3-9-26-18/h4-5,13-16,18-19H,3,6-12H2,1-2H3/b5-4+/t13-,14-,15-,16-/m1/s1. The second-order valence-electron chi connectivity index (χ2n) is 6.45. The molecule has 0 aromatic rings. The summed E-state index contributed by atoms with van der Waals surface area (Å²) in [6.45, 7) is 1.09. The Morgan fingerprint density at radius 2 is 2.00 bits per heavy atom. The van der Waals surface area contributed by atoms with Crippen LogP contribution in [0.1, 0.15) is 19.3 Å². The number of aliphatic hydroxyl groups excluding tert-OH is 1. The predicted molar refractivity (Wildman–Crippen MR) is 104 cm³/mol. The van der Waals surface area contributed by atoms with Crippen molar-refractivity contribution in [2.24, 2.45) is 11.8 Å². The van der Waals surface area contributed by atoms with E-state index >= 15 is 0 Å². The minimum absolute atomic E-state index is 0.129. The summed E-state index contributed by atoms with van der Waals surface area (Å²) in [5.41, 5.74) is 0. The maximum Gasteiger partial charge on any atom is 0.330 e. The normalized spacial score (nSPS) is 28.5. The van der Waals surface area contributed by atoms with E-state index in [1.165, 1.54) is 31.1 Å². The van der Waals surface area contributed by atoms with Gasteiger partial charge in [-0.15, -0.1) is 23.5 Å². The van der Waals surface area contributed by atoms with Crippen LogP contribution in [0.25, 0.3) is 0 Å². The lowest BCUT2D eigenvalue weighted by Crippen LogP contribution is -2.32. The van der Waals surface area contributed by atoms with Crippen LogP contribution in [0, 0.1) is 11.8 Å². The molecular formula is C18H30O6S2. The predicted octanol–water partition coefficient (Wildman–Crippen LogP) is 2.30. The highest BCUT2D eigenvalue weighted by Crippen LogP contribution is 2.47. The lowest BCUT2D eigenvalue weighted by Gasteiger charge is -2.33. The smallest absolute Gasteiger partial charge is 0.330 e. The third kappa shape index (κ3) is 7.05. The van der Waals surface area contributed by atoms with Crippen molar-refractivity contribution in [3.63, 3.8) is 0 Å². The van der Waals surface area contributed by atoms with E-state index < -0.39 is 5.97 Å². The Hall–Kier alpha value is -0.250. The molecule has 1 saturated carbocycles. The van der Waals surface area contributed by atoms with Gasteiger partial charge in [0.15, 0.2) is 0 Å². The first kappa shape index (κ1) is 22.0. The van der Waals surface area contributed by atoms with Gasteiger partial charge in [-0.1, -0.05) is 0 Å². The van der Waals surface area contributed by atoms with Crippen LogP contribution in [0.2, 0.25) is 0 Å². The molecular weight excluding hydrogens is 376 g/mol. The monoisotopic (exact) mass is 406 g/mol. The number of carbonyl (C=O) groups is 1. The molecule has 1 N–H and O–H groups in total. The van der Waals surface area contributed by atoms with Crippen molar-refractivity contribution < 1.29 is 28.8 Å². The highest BCUT2D eigenvalue weighted by Gasteiger charge is 2.43. The number of hydrogen-bond acceptors (Lipinski definition) is 8. The lowest BCUT2D eigenvalue weighted by molar-refractivity contribution is -0.135. The van der Waals surface area contributed by atoms with Gasteiger partial charge in [0.05, 0.1) is 37.1 Å². The van der Waals surface area contributed by atoms with E-state index in [1.807, 2.05) is 23.5 Å². The Morgan fingerprint density at radius 3 is 2.69 bits per heavy atom. The van der Waals surface area contributed by atoms with Crippen LogP contribution in [-0.4, -0.2) is 73.6 Å². The zero-order chi connectivity index (χ0) is 18.8. The fraction of sp³-hybridized carbons (Fsp3) is 0.833. The zero-order valence-corrected chi connectivity index (χ0v) is 17.1. The molecule has 0 aromatic carbocycles. The van der Waals surface area contributed by atoms with Crippen molar-refractivity contribution in [3.05, 3.63) is 12.2 Å². The fourth-order valence-electron chi connectivity index (χ4n) is 3.41. The van der Waals surface area contributed by atoms with E-state index in [1.54, 1.807) is 13.2 Å². The number of aliphatic hydroxyl groups is 1. The van der Waals surface area contributed by atoms with Gasteiger partial charge in [0.25, 0.3) is 0 Å². The largest absolute Gasteiger partial charge is 0.466 e. The molecule has 0 unspecified atom stereocenters. The first-order valence-corrected chi connectivity index (χ1v) is 11.1. The minimum Gasteiger partial charge on any atom is -0.466 e. The first-order valence-electron chi connectivity index (χ1n) is 9.01. The Balaban J connectivity index is 2.01. The molecule has 26 heavy (non-hydrogen) atoms. The van der Waals surface area contributed by atoms with E-state index in [9.17, 15) is 9.90 Å². The number of methoxy groups -OCH3 is 2. The van der Waals surface area contributed by atoms with Crippen LogP contribution in [0.5, 0.6) is 0 Å².